The van der Waals surface area contributed by atoms with Crippen LogP contribution < -0.4 is 0 Å². The first kappa shape index (κ1) is 32.6. The van der Waals surface area contributed by atoms with E-state index in [1.165, 1.54) is 157 Å². The molecule has 218 valence electrons. The fraction of sp³-hybridized carbons (Fsp3) is 0.667. The van der Waals surface area contributed by atoms with Crippen molar-refractivity contribution < 1.29 is 0 Å². The van der Waals surface area contributed by atoms with Crippen molar-refractivity contribution in [1.29, 1.82) is 0 Å². The van der Waals surface area contributed by atoms with Gasteiger partial charge in [0, 0.05) is 15.3 Å². The molecule has 0 aliphatic rings. The molecule has 3 aromatic heterocycles. The van der Waals surface area contributed by atoms with E-state index >= 15 is 0 Å². The summed E-state index contributed by atoms with van der Waals surface area (Å²) in [5.41, 5.74) is 4.84. The Labute approximate surface area is 253 Å². The molecule has 3 aromatic rings. The molecule has 0 amide bonds. The van der Waals surface area contributed by atoms with Crippen molar-refractivity contribution in [3.63, 3.8) is 0 Å². The van der Waals surface area contributed by atoms with Gasteiger partial charge in [-0.25, -0.2) is 0 Å². The normalized spacial score (nSPS) is 11.5. The molecule has 0 unspecified atom stereocenters. The van der Waals surface area contributed by atoms with E-state index in [-0.39, 0.29) is 0 Å². The number of thiophene rings is 3. The Balaban J connectivity index is 1.49. The van der Waals surface area contributed by atoms with Gasteiger partial charge in [-0.1, -0.05) is 135 Å². The average Bonchev–Trinajstić information content (AvgIpc) is 3.72. The minimum atomic E-state index is 1.27. The van der Waals surface area contributed by atoms with Gasteiger partial charge in [0.2, 0.25) is 0 Å². The van der Waals surface area contributed by atoms with Crippen LogP contribution in [0.1, 0.15) is 153 Å². The summed E-state index contributed by atoms with van der Waals surface area (Å²) in [7, 11) is 0. The van der Waals surface area contributed by atoms with Crippen LogP contribution in [0.25, 0.3) is 20.2 Å². The lowest BCUT2D eigenvalue weighted by Crippen LogP contribution is -1.94. The molecule has 0 aliphatic heterocycles. The van der Waals surface area contributed by atoms with E-state index in [2.05, 4.69) is 48.2 Å². The van der Waals surface area contributed by atoms with Gasteiger partial charge in [0.25, 0.3) is 0 Å². The molecule has 0 aromatic carbocycles. The number of hydrogen-bond acceptors (Lipinski definition) is 3. The van der Waals surface area contributed by atoms with Gasteiger partial charge in [-0.3, -0.25) is 0 Å². The first-order chi connectivity index (χ1) is 19.3. The number of hydrogen-bond donors (Lipinski definition) is 0. The summed E-state index contributed by atoms with van der Waals surface area (Å²) in [6, 6.07) is 6.87. The summed E-state index contributed by atoms with van der Waals surface area (Å²) < 4.78 is 0. The van der Waals surface area contributed by atoms with Crippen LogP contribution in [0.2, 0.25) is 0 Å². The van der Waals surface area contributed by atoms with E-state index < -0.39 is 0 Å². The molecule has 0 bridgehead atoms. The molecular formula is C36H56S3. The Morgan fingerprint density at radius 3 is 1.56 bits per heavy atom. The molecule has 0 N–H and O–H groups in total. The molecule has 0 atom stereocenters. The lowest BCUT2D eigenvalue weighted by molar-refractivity contribution is 0.553. The van der Waals surface area contributed by atoms with Crippen LogP contribution in [-0.4, -0.2) is 0 Å². The van der Waals surface area contributed by atoms with E-state index in [1.807, 2.05) is 34.0 Å². The van der Waals surface area contributed by atoms with Crippen LogP contribution in [0.4, 0.5) is 0 Å². The summed E-state index contributed by atoms with van der Waals surface area (Å²) >= 11 is 5.82. The second kappa shape index (κ2) is 20.9. The average molecular weight is 585 g/mol. The molecule has 0 radical (unpaired) electrons. The van der Waals surface area contributed by atoms with Crippen molar-refractivity contribution in [3.8, 4) is 20.2 Å². The minimum absolute atomic E-state index is 1.27. The van der Waals surface area contributed by atoms with Gasteiger partial charge in [-0.2, -0.15) is 0 Å². The van der Waals surface area contributed by atoms with E-state index in [4.69, 9.17) is 0 Å². The quantitative estimate of drug-likeness (QED) is 0.0918. The predicted molar refractivity (Wildman–Crippen MR) is 182 cm³/mol. The zero-order chi connectivity index (χ0) is 27.4. The first-order valence-corrected chi connectivity index (χ1v) is 19.2. The summed E-state index contributed by atoms with van der Waals surface area (Å²) in [6.45, 7) is 4.62. The standard InChI is InChI=1S/C36H56S3/c1-3-5-7-9-11-13-15-17-19-21-24-31-30-39-35(33-27-29-38-36(33)34-26-23-28-37-34)32(31)25-22-20-18-16-14-12-10-8-6-4-2/h23,26-30H,3-22,24-25H2,1-2H3. The van der Waals surface area contributed by atoms with Crippen molar-refractivity contribution in [2.45, 2.75) is 155 Å². The fourth-order valence-electron chi connectivity index (χ4n) is 5.81. The van der Waals surface area contributed by atoms with Crippen molar-refractivity contribution in [2.24, 2.45) is 0 Å². The van der Waals surface area contributed by atoms with Gasteiger partial charge in [-0.15, -0.1) is 34.0 Å². The maximum absolute atomic E-state index is 2.52. The Hall–Kier alpha value is -0.900. The Kier molecular flexibility index (Phi) is 17.5. The van der Waals surface area contributed by atoms with Crippen molar-refractivity contribution >= 4 is 34.0 Å². The van der Waals surface area contributed by atoms with Gasteiger partial charge in [0.1, 0.15) is 0 Å². The van der Waals surface area contributed by atoms with Gasteiger partial charge in [0.05, 0.1) is 4.88 Å². The number of aryl methyl sites for hydroxylation is 1. The molecule has 0 saturated heterocycles. The number of unbranched alkanes of at least 4 members (excludes halogenated alkanes) is 18. The van der Waals surface area contributed by atoms with Gasteiger partial charge in [-0.05, 0) is 65.1 Å². The molecule has 0 fully saturated rings. The summed E-state index contributed by atoms with van der Waals surface area (Å²) in [6.07, 6.45) is 30.9. The highest BCUT2D eigenvalue weighted by atomic mass is 32.1. The maximum atomic E-state index is 2.52. The highest BCUT2D eigenvalue weighted by Gasteiger charge is 2.18. The van der Waals surface area contributed by atoms with Crippen LogP contribution in [0.15, 0.2) is 34.3 Å². The Bertz CT molecular complexity index is 962. The highest BCUT2D eigenvalue weighted by Crippen LogP contribution is 2.44. The van der Waals surface area contributed by atoms with E-state index in [0.29, 0.717) is 0 Å². The van der Waals surface area contributed by atoms with Crippen molar-refractivity contribution in [3.05, 3.63) is 45.5 Å². The van der Waals surface area contributed by atoms with Crippen molar-refractivity contribution in [1.82, 2.24) is 0 Å². The summed E-state index contributed by atoms with van der Waals surface area (Å²) in [5, 5.41) is 7.04. The maximum Gasteiger partial charge on any atom is 0.0529 e. The molecule has 3 heterocycles. The zero-order valence-electron chi connectivity index (χ0n) is 25.2. The van der Waals surface area contributed by atoms with Gasteiger partial charge >= 0.3 is 0 Å². The fourth-order valence-corrected chi connectivity index (χ4v) is 8.85. The molecule has 3 heteroatoms. The highest BCUT2D eigenvalue weighted by molar-refractivity contribution is 7.21. The zero-order valence-corrected chi connectivity index (χ0v) is 27.7. The Morgan fingerprint density at radius 1 is 0.487 bits per heavy atom. The number of rotatable bonds is 24. The summed E-state index contributed by atoms with van der Waals surface area (Å²) in [4.78, 5) is 4.47. The third-order valence-corrected chi connectivity index (χ3v) is 11.3. The molecule has 0 nitrogen and oxygen atoms in total. The lowest BCUT2D eigenvalue weighted by atomic mass is 9.96. The molecule has 0 aliphatic carbocycles. The minimum Gasteiger partial charge on any atom is -0.143 e. The van der Waals surface area contributed by atoms with E-state index in [0.717, 1.165) is 0 Å². The monoisotopic (exact) mass is 584 g/mol. The third kappa shape index (κ3) is 12.2. The van der Waals surface area contributed by atoms with E-state index in [9.17, 15) is 0 Å². The van der Waals surface area contributed by atoms with Crippen molar-refractivity contribution in [2.75, 3.05) is 0 Å². The smallest absolute Gasteiger partial charge is 0.0529 e. The van der Waals surface area contributed by atoms with Crippen LogP contribution >= 0.6 is 34.0 Å². The third-order valence-electron chi connectivity index (χ3n) is 8.22. The van der Waals surface area contributed by atoms with Crippen LogP contribution in [0.3, 0.4) is 0 Å². The predicted octanol–water partition coefficient (Wildman–Crippen LogP) is 14.1. The SMILES string of the molecule is CCCCCCCCCCCCc1csc(-c2ccsc2-c2cccs2)c1CCCCCCCCCCCC. The molecule has 3 rings (SSSR count). The molecule has 39 heavy (non-hydrogen) atoms. The second-order valence-electron chi connectivity index (χ2n) is 11.6. The first-order valence-electron chi connectivity index (χ1n) is 16.6. The summed E-state index contributed by atoms with van der Waals surface area (Å²) in [5.74, 6) is 0. The molecule has 0 spiro atoms. The van der Waals surface area contributed by atoms with Crippen LogP contribution in [0, 0.1) is 0 Å². The van der Waals surface area contributed by atoms with Crippen LogP contribution in [0.5, 0.6) is 0 Å². The topological polar surface area (TPSA) is 0 Å². The van der Waals surface area contributed by atoms with Gasteiger partial charge in [0.15, 0.2) is 0 Å². The van der Waals surface area contributed by atoms with E-state index in [1.54, 1.807) is 16.0 Å². The lowest BCUT2D eigenvalue weighted by Gasteiger charge is -2.10. The van der Waals surface area contributed by atoms with Crippen LogP contribution in [-0.2, 0) is 12.8 Å². The largest absolute Gasteiger partial charge is 0.143 e. The molecule has 0 saturated carbocycles. The van der Waals surface area contributed by atoms with Gasteiger partial charge < -0.3 is 0 Å². The Morgan fingerprint density at radius 2 is 1.03 bits per heavy atom. The molecular weight excluding hydrogens is 529 g/mol. The second-order valence-corrected chi connectivity index (χ2v) is 14.3.